The first kappa shape index (κ1) is 17.5. The number of carbonyl (C=O) groups excluding carboxylic acids is 2. The van der Waals surface area contributed by atoms with Crippen LogP contribution in [0, 0.1) is 6.92 Å². The first-order valence-electron chi connectivity index (χ1n) is 7.87. The van der Waals surface area contributed by atoms with Crippen molar-refractivity contribution in [3.05, 3.63) is 59.2 Å². The highest BCUT2D eigenvalue weighted by molar-refractivity contribution is 6.08. The Kier molecular flexibility index (Phi) is 5.95. The lowest BCUT2D eigenvalue weighted by molar-refractivity contribution is 0.0527. The Balaban J connectivity index is 2.21. The molecule has 0 aliphatic rings. The van der Waals surface area contributed by atoms with Crippen LogP contribution in [-0.2, 0) is 4.74 Å². The number of hydrogen-bond acceptors (Lipinski definition) is 4. The number of anilines is 1. The first-order chi connectivity index (χ1) is 11.6. The van der Waals surface area contributed by atoms with Crippen molar-refractivity contribution in [2.45, 2.75) is 20.8 Å². The van der Waals surface area contributed by atoms with Gasteiger partial charge in [0.2, 0.25) is 0 Å². The van der Waals surface area contributed by atoms with Gasteiger partial charge in [0.25, 0.3) is 5.91 Å². The van der Waals surface area contributed by atoms with E-state index in [4.69, 9.17) is 9.47 Å². The van der Waals surface area contributed by atoms with Gasteiger partial charge in [0.15, 0.2) is 0 Å². The van der Waals surface area contributed by atoms with Gasteiger partial charge in [-0.25, -0.2) is 4.79 Å². The zero-order valence-corrected chi connectivity index (χ0v) is 14.1. The monoisotopic (exact) mass is 327 g/mol. The molecule has 0 heterocycles. The van der Waals surface area contributed by atoms with E-state index >= 15 is 0 Å². The lowest BCUT2D eigenvalue weighted by Gasteiger charge is -2.12. The molecule has 2 aromatic carbocycles. The standard InChI is InChI=1S/C19H21NO4/c1-4-23-17-11-10-14(12-13(17)3)18(21)20-16-9-7-6-8-15(16)19(22)24-5-2/h6-12H,4-5H2,1-3H3,(H,20,21). The van der Waals surface area contributed by atoms with Gasteiger partial charge in [-0.15, -0.1) is 0 Å². The third-order valence-electron chi connectivity index (χ3n) is 3.41. The van der Waals surface area contributed by atoms with Crippen molar-refractivity contribution >= 4 is 17.6 Å². The fourth-order valence-electron chi connectivity index (χ4n) is 2.28. The Bertz CT molecular complexity index is 740. The number of rotatable bonds is 6. The van der Waals surface area contributed by atoms with Crippen molar-refractivity contribution in [3.8, 4) is 5.75 Å². The molecule has 2 rings (SSSR count). The second-order valence-corrected chi connectivity index (χ2v) is 5.13. The summed E-state index contributed by atoms with van der Waals surface area (Å²) in [7, 11) is 0. The third-order valence-corrected chi connectivity index (χ3v) is 3.41. The van der Waals surface area contributed by atoms with Crippen molar-refractivity contribution < 1.29 is 19.1 Å². The number of esters is 1. The minimum Gasteiger partial charge on any atom is -0.494 e. The summed E-state index contributed by atoms with van der Waals surface area (Å²) >= 11 is 0. The second-order valence-electron chi connectivity index (χ2n) is 5.13. The molecular weight excluding hydrogens is 306 g/mol. The molecule has 0 spiro atoms. The molecule has 0 atom stereocenters. The van der Waals surface area contributed by atoms with E-state index in [1.807, 2.05) is 13.8 Å². The Hall–Kier alpha value is -2.82. The fraction of sp³-hybridized carbons (Fsp3) is 0.263. The summed E-state index contributed by atoms with van der Waals surface area (Å²) in [5.74, 6) is -0.00450. The Morgan fingerprint density at radius 3 is 2.46 bits per heavy atom. The molecular formula is C19H21NO4. The highest BCUT2D eigenvalue weighted by Gasteiger charge is 2.15. The van der Waals surface area contributed by atoms with E-state index in [2.05, 4.69) is 5.32 Å². The lowest BCUT2D eigenvalue weighted by atomic mass is 10.1. The molecule has 126 valence electrons. The van der Waals surface area contributed by atoms with Crippen molar-refractivity contribution in [3.63, 3.8) is 0 Å². The van der Waals surface area contributed by atoms with Gasteiger partial charge in [-0.3, -0.25) is 4.79 Å². The average Bonchev–Trinajstić information content (AvgIpc) is 2.57. The van der Waals surface area contributed by atoms with E-state index in [0.717, 1.165) is 11.3 Å². The van der Waals surface area contributed by atoms with Gasteiger partial charge in [-0.1, -0.05) is 12.1 Å². The van der Waals surface area contributed by atoms with Crippen molar-refractivity contribution in [1.29, 1.82) is 0 Å². The van der Waals surface area contributed by atoms with E-state index < -0.39 is 5.97 Å². The van der Waals surface area contributed by atoms with Gasteiger partial charge in [0.05, 0.1) is 24.5 Å². The zero-order valence-electron chi connectivity index (χ0n) is 14.1. The number of carbonyl (C=O) groups is 2. The second kappa shape index (κ2) is 8.15. The molecule has 0 aliphatic carbocycles. The lowest BCUT2D eigenvalue weighted by Crippen LogP contribution is -2.16. The number of ether oxygens (including phenoxy) is 2. The minimum atomic E-state index is -0.462. The predicted molar refractivity (Wildman–Crippen MR) is 92.7 cm³/mol. The smallest absolute Gasteiger partial charge is 0.340 e. The van der Waals surface area contributed by atoms with E-state index in [0.29, 0.717) is 23.4 Å². The molecule has 5 nitrogen and oxygen atoms in total. The molecule has 1 amide bonds. The number of nitrogens with one attached hydrogen (secondary N) is 1. The largest absolute Gasteiger partial charge is 0.494 e. The molecule has 1 N–H and O–H groups in total. The number of hydrogen-bond donors (Lipinski definition) is 1. The summed E-state index contributed by atoms with van der Waals surface area (Å²) < 4.78 is 10.5. The topological polar surface area (TPSA) is 64.6 Å². The summed E-state index contributed by atoms with van der Waals surface area (Å²) in [4.78, 5) is 24.4. The van der Waals surface area contributed by atoms with Crippen LogP contribution in [0.15, 0.2) is 42.5 Å². The zero-order chi connectivity index (χ0) is 17.5. The van der Waals surface area contributed by atoms with Gasteiger partial charge in [-0.2, -0.15) is 0 Å². The molecule has 0 aliphatic heterocycles. The molecule has 0 aromatic heterocycles. The van der Waals surface area contributed by atoms with Crippen LogP contribution in [0.5, 0.6) is 5.75 Å². The van der Waals surface area contributed by atoms with Crippen LogP contribution < -0.4 is 10.1 Å². The van der Waals surface area contributed by atoms with Gasteiger partial charge < -0.3 is 14.8 Å². The maximum absolute atomic E-state index is 12.5. The number of benzene rings is 2. The van der Waals surface area contributed by atoms with Gasteiger partial charge in [0.1, 0.15) is 5.75 Å². The number of para-hydroxylation sites is 1. The molecule has 0 unspecified atom stereocenters. The van der Waals surface area contributed by atoms with Gasteiger partial charge in [-0.05, 0) is 56.7 Å². The van der Waals surface area contributed by atoms with E-state index in [9.17, 15) is 9.59 Å². The van der Waals surface area contributed by atoms with Crippen LogP contribution in [0.4, 0.5) is 5.69 Å². The third kappa shape index (κ3) is 4.13. The highest BCUT2D eigenvalue weighted by atomic mass is 16.5. The fourth-order valence-corrected chi connectivity index (χ4v) is 2.28. The molecule has 2 aromatic rings. The van der Waals surface area contributed by atoms with Crippen molar-refractivity contribution in [2.24, 2.45) is 0 Å². The molecule has 24 heavy (non-hydrogen) atoms. The van der Waals surface area contributed by atoms with Crippen LogP contribution in [0.2, 0.25) is 0 Å². The van der Waals surface area contributed by atoms with Crippen LogP contribution in [-0.4, -0.2) is 25.1 Å². The number of aryl methyl sites for hydroxylation is 1. The molecule has 0 radical (unpaired) electrons. The SMILES string of the molecule is CCOC(=O)c1ccccc1NC(=O)c1ccc(OCC)c(C)c1. The predicted octanol–water partition coefficient (Wildman–Crippen LogP) is 3.82. The Labute approximate surface area is 141 Å². The normalized spacial score (nSPS) is 10.1. The first-order valence-corrected chi connectivity index (χ1v) is 7.87. The van der Waals surface area contributed by atoms with Gasteiger partial charge >= 0.3 is 5.97 Å². The van der Waals surface area contributed by atoms with Crippen molar-refractivity contribution in [1.82, 2.24) is 0 Å². The summed E-state index contributed by atoms with van der Waals surface area (Å²) in [6, 6.07) is 12.0. The highest BCUT2D eigenvalue weighted by Crippen LogP contribution is 2.21. The average molecular weight is 327 g/mol. The van der Waals surface area contributed by atoms with Crippen LogP contribution in [0.1, 0.15) is 40.1 Å². The molecule has 0 bridgehead atoms. The molecule has 0 fully saturated rings. The summed E-state index contributed by atoms with van der Waals surface area (Å²) in [5.41, 5.74) is 2.13. The minimum absolute atomic E-state index is 0.277. The van der Waals surface area contributed by atoms with Gasteiger partial charge in [0, 0.05) is 5.56 Å². The van der Waals surface area contributed by atoms with Crippen molar-refractivity contribution in [2.75, 3.05) is 18.5 Å². The van der Waals surface area contributed by atoms with E-state index in [1.165, 1.54) is 0 Å². The number of amides is 1. The maximum atomic E-state index is 12.5. The van der Waals surface area contributed by atoms with E-state index in [1.54, 1.807) is 49.4 Å². The molecule has 5 heteroatoms. The molecule has 0 saturated heterocycles. The van der Waals surface area contributed by atoms with Crippen LogP contribution in [0.3, 0.4) is 0 Å². The maximum Gasteiger partial charge on any atom is 0.340 e. The summed E-state index contributed by atoms with van der Waals surface area (Å²) in [6.07, 6.45) is 0. The van der Waals surface area contributed by atoms with Crippen LogP contribution in [0.25, 0.3) is 0 Å². The summed E-state index contributed by atoms with van der Waals surface area (Å²) in [6.45, 7) is 6.38. The van der Waals surface area contributed by atoms with E-state index in [-0.39, 0.29) is 12.5 Å². The Morgan fingerprint density at radius 1 is 1.04 bits per heavy atom. The quantitative estimate of drug-likeness (QED) is 0.819. The Morgan fingerprint density at radius 2 is 1.79 bits per heavy atom. The van der Waals surface area contributed by atoms with Crippen LogP contribution >= 0.6 is 0 Å². The molecule has 0 saturated carbocycles. The summed E-state index contributed by atoms with van der Waals surface area (Å²) in [5, 5.41) is 2.76.